The average molecular weight is 338 g/mol. The van der Waals surface area contributed by atoms with Crippen LogP contribution in [0.25, 0.3) is 0 Å². The van der Waals surface area contributed by atoms with E-state index in [4.69, 9.17) is 0 Å². The molecule has 1 N–H and O–H groups in total. The minimum atomic E-state index is 0.864. The SMILES string of the molecule is CCCNCC1CCCCCC1Cc1ccc(Br)cc1. The molecule has 2 rings (SSSR count). The molecule has 0 aliphatic heterocycles. The maximum Gasteiger partial charge on any atom is 0.0175 e. The average Bonchev–Trinajstić information content (AvgIpc) is 2.67. The third-order valence-corrected chi connectivity index (χ3v) is 5.09. The molecule has 1 nitrogen and oxygen atoms in total. The molecule has 1 aromatic carbocycles. The van der Waals surface area contributed by atoms with Crippen LogP contribution in [0.2, 0.25) is 0 Å². The molecule has 0 bridgehead atoms. The molecule has 1 aliphatic rings. The van der Waals surface area contributed by atoms with Crippen molar-refractivity contribution in [2.24, 2.45) is 11.8 Å². The second-order valence-corrected chi connectivity index (χ2v) is 7.11. The molecule has 2 unspecified atom stereocenters. The fraction of sp³-hybridized carbons (Fsp3) is 0.667. The Morgan fingerprint density at radius 3 is 2.45 bits per heavy atom. The van der Waals surface area contributed by atoms with Gasteiger partial charge in [0.05, 0.1) is 0 Å². The van der Waals surface area contributed by atoms with Crippen LogP contribution in [0.1, 0.15) is 51.0 Å². The number of hydrogen-bond acceptors (Lipinski definition) is 1. The number of rotatable bonds is 6. The molecular weight excluding hydrogens is 310 g/mol. The van der Waals surface area contributed by atoms with Crippen molar-refractivity contribution < 1.29 is 0 Å². The summed E-state index contributed by atoms with van der Waals surface area (Å²) in [4.78, 5) is 0. The summed E-state index contributed by atoms with van der Waals surface area (Å²) in [5.41, 5.74) is 1.50. The highest BCUT2D eigenvalue weighted by atomic mass is 79.9. The molecule has 1 aromatic rings. The monoisotopic (exact) mass is 337 g/mol. The first-order chi connectivity index (χ1) is 9.79. The predicted molar refractivity (Wildman–Crippen MR) is 91.1 cm³/mol. The quantitative estimate of drug-likeness (QED) is 0.556. The van der Waals surface area contributed by atoms with Gasteiger partial charge in [0.25, 0.3) is 0 Å². The van der Waals surface area contributed by atoms with E-state index >= 15 is 0 Å². The molecule has 20 heavy (non-hydrogen) atoms. The summed E-state index contributed by atoms with van der Waals surface area (Å²) >= 11 is 3.53. The first kappa shape index (κ1) is 16.0. The summed E-state index contributed by atoms with van der Waals surface area (Å²) in [5.74, 6) is 1.73. The van der Waals surface area contributed by atoms with Crippen LogP contribution in [0.4, 0.5) is 0 Å². The van der Waals surface area contributed by atoms with E-state index in [9.17, 15) is 0 Å². The fourth-order valence-electron chi connectivity index (χ4n) is 3.39. The molecule has 0 heterocycles. The second kappa shape index (κ2) is 8.84. The Kier molecular flexibility index (Phi) is 7.09. The van der Waals surface area contributed by atoms with Gasteiger partial charge in [0.15, 0.2) is 0 Å². The fourth-order valence-corrected chi connectivity index (χ4v) is 3.65. The van der Waals surface area contributed by atoms with Crippen LogP contribution in [0.3, 0.4) is 0 Å². The molecule has 2 atom stereocenters. The normalized spacial score (nSPS) is 23.5. The lowest BCUT2D eigenvalue weighted by Crippen LogP contribution is -2.29. The highest BCUT2D eigenvalue weighted by molar-refractivity contribution is 9.10. The molecule has 0 saturated heterocycles. The Balaban J connectivity index is 1.94. The van der Waals surface area contributed by atoms with Crippen molar-refractivity contribution >= 4 is 15.9 Å². The van der Waals surface area contributed by atoms with Crippen molar-refractivity contribution in [2.75, 3.05) is 13.1 Å². The maximum absolute atomic E-state index is 3.65. The Morgan fingerprint density at radius 1 is 1.05 bits per heavy atom. The Labute approximate surface area is 132 Å². The maximum atomic E-state index is 3.65. The van der Waals surface area contributed by atoms with E-state index in [1.807, 2.05) is 0 Å². The van der Waals surface area contributed by atoms with Gasteiger partial charge in [0.1, 0.15) is 0 Å². The van der Waals surface area contributed by atoms with Crippen molar-refractivity contribution in [1.29, 1.82) is 0 Å². The summed E-state index contributed by atoms with van der Waals surface area (Å²) in [6.45, 7) is 4.63. The van der Waals surface area contributed by atoms with Gasteiger partial charge in [0.2, 0.25) is 0 Å². The van der Waals surface area contributed by atoms with Crippen LogP contribution >= 0.6 is 15.9 Å². The van der Waals surface area contributed by atoms with Crippen molar-refractivity contribution in [2.45, 2.75) is 51.9 Å². The van der Waals surface area contributed by atoms with E-state index in [0.29, 0.717) is 0 Å². The minimum Gasteiger partial charge on any atom is -0.316 e. The first-order valence-corrected chi connectivity index (χ1v) is 9.04. The molecule has 1 saturated carbocycles. The molecule has 112 valence electrons. The van der Waals surface area contributed by atoms with Crippen molar-refractivity contribution in [3.05, 3.63) is 34.3 Å². The predicted octanol–water partition coefficient (Wildman–Crippen LogP) is 5.19. The lowest BCUT2D eigenvalue weighted by Gasteiger charge is -2.25. The number of nitrogens with one attached hydrogen (secondary N) is 1. The molecule has 0 spiro atoms. The van der Waals surface area contributed by atoms with Crippen molar-refractivity contribution in [3.8, 4) is 0 Å². The zero-order chi connectivity index (χ0) is 14.2. The van der Waals surface area contributed by atoms with E-state index in [2.05, 4.69) is 52.4 Å². The van der Waals surface area contributed by atoms with Gasteiger partial charge in [-0.15, -0.1) is 0 Å². The standard InChI is InChI=1S/C18H28BrN/c1-2-12-20-14-17-7-5-3-4-6-16(17)13-15-8-10-18(19)11-9-15/h8-11,16-17,20H,2-7,12-14H2,1H3. The van der Waals surface area contributed by atoms with Crippen molar-refractivity contribution in [1.82, 2.24) is 5.32 Å². The van der Waals surface area contributed by atoms with E-state index in [-0.39, 0.29) is 0 Å². The first-order valence-electron chi connectivity index (χ1n) is 8.24. The topological polar surface area (TPSA) is 12.0 Å². The molecule has 0 amide bonds. The third-order valence-electron chi connectivity index (χ3n) is 4.56. The van der Waals surface area contributed by atoms with Gasteiger partial charge in [-0.25, -0.2) is 0 Å². The number of hydrogen-bond donors (Lipinski definition) is 1. The highest BCUT2D eigenvalue weighted by Gasteiger charge is 2.23. The van der Waals surface area contributed by atoms with Gasteiger partial charge in [0, 0.05) is 4.47 Å². The van der Waals surface area contributed by atoms with Gasteiger partial charge in [-0.05, 0) is 68.3 Å². The Bertz CT molecular complexity index is 374. The van der Waals surface area contributed by atoms with Crippen LogP contribution < -0.4 is 5.32 Å². The summed E-state index contributed by atoms with van der Waals surface area (Å²) in [6.07, 6.45) is 9.60. The van der Waals surface area contributed by atoms with Gasteiger partial charge in [-0.2, -0.15) is 0 Å². The Hall–Kier alpha value is -0.340. The second-order valence-electron chi connectivity index (χ2n) is 6.19. The van der Waals surface area contributed by atoms with Gasteiger partial charge < -0.3 is 5.32 Å². The molecule has 0 radical (unpaired) electrons. The van der Waals surface area contributed by atoms with E-state index in [1.54, 1.807) is 0 Å². The Morgan fingerprint density at radius 2 is 1.75 bits per heavy atom. The third kappa shape index (κ3) is 5.21. The summed E-state index contributed by atoms with van der Waals surface area (Å²) in [6, 6.07) is 8.92. The van der Waals surface area contributed by atoms with E-state index in [0.717, 1.165) is 11.8 Å². The molecule has 2 heteroatoms. The largest absolute Gasteiger partial charge is 0.316 e. The lowest BCUT2D eigenvalue weighted by molar-refractivity contribution is 0.298. The summed E-state index contributed by atoms with van der Waals surface area (Å²) in [5, 5.41) is 3.65. The van der Waals surface area contributed by atoms with Crippen LogP contribution in [-0.2, 0) is 6.42 Å². The van der Waals surface area contributed by atoms with Gasteiger partial charge in [-0.3, -0.25) is 0 Å². The smallest absolute Gasteiger partial charge is 0.0175 e. The van der Waals surface area contributed by atoms with E-state index < -0.39 is 0 Å². The summed E-state index contributed by atoms with van der Waals surface area (Å²) < 4.78 is 1.18. The molecule has 0 aromatic heterocycles. The zero-order valence-electron chi connectivity index (χ0n) is 12.7. The van der Waals surface area contributed by atoms with Crippen LogP contribution in [0, 0.1) is 11.8 Å². The summed E-state index contributed by atoms with van der Waals surface area (Å²) in [7, 11) is 0. The zero-order valence-corrected chi connectivity index (χ0v) is 14.3. The minimum absolute atomic E-state index is 0.864. The number of benzene rings is 1. The molecule has 1 aliphatic carbocycles. The van der Waals surface area contributed by atoms with Crippen LogP contribution in [0.5, 0.6) is 0 Å². The molecular formula is C18H28BrN. The highest BCUT2D eigenvalue weighted by Crippen LogP contribution is 2.31. The van der Waals surface area contributed by atoms with Gasteiger partial charge >= 0.3 is 0 Å². The lowest BCUT2D eigenvalue weighted by atomic mass is 9.83. The van der Waals surface area contributed by atoms with E-state index in [1.165, 1.54) is 68.1 Å². The number of halogens is 1. The molecule has 1 fully saturated rings. The van der Waals surface area contributed by atoms with Gasteiger partial charge in [-0.1, -0.05) is 54.2 Å². The van der Waals surface area contributed by atoms with Crippen LogP contribution in [0.15, 0.2) is 28.7 Å². The van der Waals surface area contributed by atoms with Crippen LogP contribution in [-0.4, -0.2) is 13.1 Å². The van der Waals surface area contributed by atoms with Crippen molar-refractivity contribution in [3.63, 3.8) is 0 Å².